The molecule has 166 valence electrons. The number of methoxy groups -OCH3 is 1. The molecular formula is C23H16F5NO3. The molecule has 1 amide bonds. The van der Waals surface area contributed by atoms with Crippen molar-refractivity contribution in [2.75, 3.05) is 7.11 Å². The molecule has 0 aliphatic rings. The summed E-state index contributed by atoms with van der Waals surface area (Å²) in [5.41, 5.74) is -0.248. The minimum atomic E-state index is -4.73. The van der Waals surface area contributed by atoms with Crippen molar-refractivity contribution >= 4 is 12.2 Å². The predicted molar refractivity (Wildman–Crippen MR) is 106 cm³/mol. The van der Waals surface area contributed by atoms with E-state index < -0.39 is 34.8 Å². The van der Waals surface area contributed by atoms with Gasteiger partial charge in [0.2, 0.25) is 0 Å². The van der Waals surface area contributed by atoms with Crippen LogP contribution in [0.4, 0.5) is 22.0 Å². The Hall–Kier alpha value is -3.75. The molecular weight excluding hydrogens is 433 g/mol. The Balaban J connectivity index is 1.83. The Bertz CT molecular complexity index is 1170. The smallest absolute Gasteiger partial charge is 0.416 e. The van der Waals surface area contributed by atoms with Gasteiger partial charge in [0.15, 0.2) is 6.29 Å². The molecule has 0 spiro atoms. The van der Waals surface area contributed by atoms with Crippen molar-refractivity contribution in [3.63, 3.8) is 0 Å². The largest absolute Gasteiger partial charge is 0.496 e. The van der Waals surface area contributed by atoms with Crippen molar-refractivity contribution in [1.29, 1.82) is 0 Å². The lowest BCUT2D eigenvalue weighted by Crippen LogP contribution is -2.24. The number of amides is 1. The second kappa shape index (κ2) is 9.17. The van der Waals surface area contributed by atoms with Gasteiger partial charge in [-0.3, -0.25) is 9.59 Å². The van der Waals surface area contributed by atoms with E-state index in [9.17, 15) is 31.5 Å². The first kappa shape index (κ1) is 22.9. The van der Waals surface area contributed by atoms with Gasteiger partial charge >= 0.3 is 6.18 Å². The van der Waals surface area contributed by atoms with E-state index in [1.54, 1.807) is 18.2 Å². The Kier molecular flexibility index (Phi) is 6.57. The maximum atomic E-state index is 14.0. The molecule has 9 heteroatoms. The molecule has 4 nitrogen and oxygen atoms in total. The quantitative estimate of drug-likeness (QED) is 0.405. The van der Waals surface area contributed by atoms with Crippen LogP contribution in [0.1, 0.15) is 31.8 Å². The third kappa shape index (κ3) is 4.93. The zero-order chi connectivity index (χ0) is 23.5. The number of hydrogen-bond acceptors (Lipinski definition) is 3. The molecule has 0 heterocycles. The monoisotopic (exact) mass is 449 g/mol. The van der Waals surface area contributed by atoms with Crippen molar-refractivity contribution in [2.24, 2.45) is 0 Å². The molecule has 0 aromatic heterocycles. The van der Waals surface area contributed by atoms with Crippen LogP contribution in [0.3, 0.4) is 0 Å². The van der Waals surface area contributed by atoms with Crippen LogP contribution in [-0.2, 0) is 12.7 Å². The second-order valence-corrected chi connectivity index (χ2v) is 6.76. The number of carbonyl (C=O) groups excluding carboxylic acids is 2. The van der Waals surface area contributed by atoms with E-state index in [0.717, 1.165) is 12.1 Å². The number of ether oxygens (including phenoxy) is 1. The Morgan fingerprint density at radius 1 is 0.969 bits per heavy atom. The lowest BCUT2D eigenvalue weighted by Gasteiger charge is -2.13. The summed E-state index contributed by atoms with van der Waals surface area (Å²) < 4.78 is 70.9. The number of carbonyl (C=O) groups is 2. The van der Waals surface area contributed by atoms with Gasteiger partial charge in [-0.2, -0.15) is 13.2 Å². The van der Waals surface area contributed by atoms with E-state index in [0.29, 0.717) is 34.8 Å². The Labute approximate surface area is 179 Å². The summed E-state index contributed by atoms with van der Waals surface area (Å²) in [6, 6.07) is 10.5. The van der Waals surface area contributed by atoms with Gasteiger partial charge in [0.05, 0.1) is 23.8 Å². The van der Waals surface area contributed by atoms with Crippen LogP contribution >= 0.6 is 0 Å². The zero-order valence-corrected chi connectivity index (χ0v) is 16.6. The van der Waals surface area contributed by atoms with E-state index in [2.05, 4.69) is 5.32 Å². The van der Waals surface area contributed by atoms with Crippen molar-refractivity contribution in [3.05, 3.63) is 88.5 Å². The topological polar surface area (TPSA) is 55.4 Å². The first-order chi connectivity index (χ1) is 15.1. The first-order valence-corrected chi connectivity index (χ1v) is 9.21. The van der Waals surface area contributed by atoms with Gasteiger partial charge in [-0.25, -0.2) is 8.78 Å². The van der Waals surface area contributed by atoms with Crippen LogP contribution in [0.15, 0.2) is 54.6 Å². The molecule has 1 N–H and O–H groups in total. The molecule has 0 aliphatic heterocycles. The predicted octanol–water partition coefficient (Wildman–Crippen LogP) is 5.40. The summed E-state index contributed by atoms with van der Waals surface area (Å²) in [5.74, 6) is -2.48. The summed E-state index contributed by atoms with van der Waals surface area (Å²) in [7, 11) is 1.40. The van der Waals surface area contributed by atoms with Gasteiger partial charge in [-0.15, -0.1) is 0 Å². The third-order valence-electron chi connectivity index (χ3n) is 4.72. The summed E-state index contributed by atoms with van der Waals surface area (Å²) in [6.45, 7) is -0.127. The van der Waals surface area contributed by atoms with Crippen LogP contribution in [0.2, 0.25) is 0 Å². The van der Waals surface area contributed by atoms with E-state index in [1.165, 1.54) is 19.2 Å². The average molecular weight is 449 g/mol. The first-order valence-electron chi connectivity index (χ1n) is 9.21. The lowest BCUT2D eigenvalue weighted by molar-refractivity contribution is -0.137. The molecule has 0 saturated carbocycles. The maximum Gasteiger partial charge on any atom is 0.416 e. The standard InChI is InChI=1S/C23H16F5NO3/c1-32-21-7-3-14(13-2-6-19(24)16(9-13)12-30)8-15(21)11-29-22(31)18-5-4-17(10-20(18)25)23(26,27)28/h2-10,12H,11H2,1H3,(H,29,31). The molecule has 3 aromatic rings. The number of rotatable bonds is 6. The Morgan fingerprint density at radius 2 is 1.66 bits per heavy atom. The number of alkyl halides is 3. The van der Waals surface area contributed by atoms with Crippen molar-refractivity contribution in [1.82, 2.24) is 5.32 Å². The van der Waals surface area contributed by atoms with E-state index in [1.807, 2.05) is 0 Å². The van der Waals surface area contributed by atoms with Gasteiger partial charge in [-0.1, -0.05) is 12.1 Å². The van der Waals surface area contributed by atoms with Crippen LogP contribution < -0.4 is 10.1 Å². The van der Waals surface area contributed by atoms with Crippen molar-refractivity contribution < 1.29 is 36.3 Å². The molecule has 3 aromatic carbocycles. The Morgan fingerprint density at radius 3 is 2.28 bits per heavy atom. The molecule has 0 bridgehead atoms. The van der Waals surface area contributed by atoms with Crippen molar-refractivity contribution in [3.8, 4) is 16.9 Å². The van der Waals surface area contributed by atoms with Gasteiger partial charge in [0.1, 0.15) is 17.4 Å². The summed E-state index contributed by atoms with van der Waals surface area (Å²) in [6.07, 6.45) is -4.34. The minimum absolute atomic E-state index is 0.119. The summed E-state index contributed by atoms with van der Waals surface area (Å²) in [5, 5.41) is 2.44. The molecule has 0 fully saturated rings. The fourth-order valence-corrected chi connectivity index (χ4v) is 3.06. The minimum Gasteiger partial charge on any atom is -0.496 e. The van der Waals surface area contributed by atoms with Gasteiger partial charge in [-0.05, 0) is 53.6 Å². The van der Waals surface area contributed by atoms with Gasteiger partial charge in [0, 0.05) is 12.1 Å². The highest BCUT2D eigenvalue weighted by Crippen LogP contribution is 2.31. The SMILES string of the molecule is COc1ccc(-c2ccc(F)c(C=O)c2)cc1CNC(=O)c1ccc(C(F)(F)F)cc1F. The molecule has 3 rings (SSSR count). The fraction of sp³-hybridized carbons (Fsp3) is 0.130. The van der Waals surface area contributed by atoms with E-state index in [-0.39, 0.29) is 18.2 Å². The summed E-state index contributed by atoms with van der Waals surface area (Å²) >= 11 is 0. The highest BCUT2D eigenvalue weighted by atomic mass is 19.4. The third-order valence-corrected chi connectivity index (χ3v) is 4.72. The van der Waals surface area contributed by atoms with E-state index >= 15 is 0 Å². The number of benzene rings is 3. The number of halogens is 5. The number of hydrogen-bond donors (Lipinski definition) is 1. The number of aldehydes is 1. The highest BCUT2D eigenvalue weighted by molar-refractivity contribution is 5.94. The average Bonchev–Trinajstić information content (AvgIpc) is 2.76. The zero-order valence-electron chi connectivity index (χ0n) is 16.6. The molecule has 0 unspecified atom stereocenters. The fourth-order valence-electron chi connectivity index (χ4n) is 3.06. The van der Waals surface area contributed by atoms with Crippen LogP contribution in [0.25, 0.3) is 11.1 Å². The highest BCUT2D eigenvalue weighted by Gasteiger charge is 2.31. The normalized spacial score (nSPS) is 11.2. The molecule has 0 radical (unpaired) electrons. The summed E-state index contributed by atoms with van der Waals surface area (Å²) in [4.78, 5) is 23.3. The number of nitrogens with one attached hydrogen (secondary N) is 1. The lowest BCUT2D eigenvalue weighted by atomic mass is 10.0. The van der Waals surface area contributed by atoms with Crippen LogP contribution in [0.5, 0.6) is 5.75 Å². The van der Waals surface area contributed by atoms with Crippen LogP contribution in [0, 0.1) is 11.6 Å². The second-order valence-electron chi connectivity index (χ2n) is 6.76. The molecule has 0 aliphatic carbocycles. The molecule has 32 heavy (non-hydrogen) atoms. The van der Waals surface area contributed by atoms with Crippen LogP contribution in [-0.4, -0.2) is 19.3 Å². The van der Waals surface area contributed by atoms with Crippen molar-refractivity contribution in [2.45, 2.75) is 12.7 Å². The van der Waals surface area contributed by atoms with Gasteiger partial charge < -0.3 is 10.1 Å². The maximum absolute atomic E-state index is 14.0. The molecule has 0 atom stereocenters. The molecule has 0 saturated heterocycles. The van der Waals surface area contributed by atoms with E-state index in [4.69, 9.17) is 4.74 Å². The van der Waals surface area contributed by atoms with Gasteiger partial charge in [0.25, 0.3) is 5.91 Å².